The van der Waals surface area contributed by atoms with E-state index in [1.165, 1.54) is 83.5 Å². The zero-order valence-electron chi connectivity index (χ0n) is 58.3. The summed E-state index contributed by atoms with van der Waals surface area (Å²) in [4.78, 5) is 13.4. The van der Waals surface area contributed by atoms with Crippen LogP contribution in [-0.4, -0.2) is 193 Å². The molecule has 0 aromatic heterocycles. The summed E-state index contributed by atoms with van der Waals surface area (Å²) in [6, 6.07) is -0.984. The van der Waals surface area contributed by atoms with Crippen LogP contribution < -0.4 is 5.32 Å². The first-order chi connectivity index (χ1) is 46.8. The molecule has 3 aliphatic heterocycles. The first kappa shape index (κ1) is 86.4. The number of hydrogen-bond donors (Lipinski definition) is 12. The molecule has 0 spiro atoms. The van der Waals surface area contributed by atoms with Crippen molar-refractivity contribution < 1.29 is 89.4 Å². The molecular formula is C77H129NO18. The van der Waals surface area contributed by atoms with Gasteiger partial charge in [0, 0.05) is 6.42 Å². The molecule has 3 fully saturated rings. The maximum absolute atomic E-state index is 13.4. The van der Waals surface area contributed by atoms with E-state index in [2.05, 4.69) is 129 Å². The summed E-state index contributed by atoms with van der Waals surface area (Å²) < 4.78 is 34.3. The van der Waals surface area contributed by atoms with Crippen LogP contribution in [0, 0.1) is 0 Å². The lowest BCUT2D eigenvalue weighted by Crippen LogP contribution is -2.66. The van der Waals surface area contributed by atoms with Gasteiger partial charge in [-0.1, -0.05) is 251 Å². The lowest BCUT2D eigenvalue weighted by Gasteiger charge is -2.48. The van der Waals surface area contributed by atoms with Crippen molar-refractivity contribution in [3.63, 3.8) is 0 Å². The number of rotatable bonds is 55. The van der Waals surface area contributed by atoms with Crippen molar-refractivity contribution in [2.24, 2.45) is 0 Å². The number of aliphatic hydroxyl groups excluding tert-OH is 11. The van der Waals surface area contributed by atoms with Crippen LogP contribution in [-0.2, 0) is 33.2 Å². The van der Waals surface area contributed by atoms with Crippen molar-refractivity contribution in [3.05, 3.63) is 122 Å². The molecule has 3 saturated heterocycles. The van der Waals surface area contributed by atoms with Crippen molar-refractivity contribution in [1.82, 2.24) is 5.32 Å². The molecule has 0 aromatic rings. The Hall–Kier alpha value is -3.81. The fourth-order valence-electron chi connectivity index (χ4n) is 11.6. The Balaban J connectivity index is 1.36. The molecule has 3 heterocycles. The third-order valence-electron chi connectivity index (χ3n) is 17.5. The SMILES string of the molecule is CC/C=C\C/C=C\C/C=C\C/C=C\C/C=C\C/C=C\C/C=C\C/C=C\C/C=C\CCCCCCCCCCCC(=O)NC(COC1OC(CO)C(OC2OC(CO)C(OC3OC(CO)C(O)C(O)C3O)C(O)C2O)C(O)C1O)C(O)/C=C/CCCCCCCCCCCCCC. The van der Waals surface area contributed by atoms with Gasteiger partial charge in [0.05, 0.1) is 38.6 Å². The molecule has 19 nitrogen and oxygen atoms in total. The van der Waals surface area contributed by atoms with Crippen LogP contribution in [0.2, 0.25) is 0 Å². The van der Waals surface area contributed by atoms with E-state index in [4.69, 9.17) is 28.4 Å². The number of amides is 1. The molecule has 19 heteroatoms. The molecule has 0 bridgehead atoms. The highest BCUT2D eigenvalue weighted by Crippen LogP contribution is 2.33. The zero-order chi connectivity index (χ0) is 69.6. The quantitative estimate of drug-likeness (QED) is 0.0199. The molecule has 17 atom stereocenters. The zero-order valence-corrected chi connectivity index (χ0v) is 58.3. The van der Waals surface area contributed by atoms with Crippen LogP contribution in [0.1, 0.15) is 226 Å². The summed E-state index contributed by atoms with van der Waals surface area (Å²) >= 11 is 0. The molecule has 0 radical (unpaired) electrons. The normalized spacial score (nSPS) is 27.8. The van der Waals surface area contributed by atoms with Gasteiger partial charge in [-0.2, -0.15) is 0 Å². The fraction of sp³-hybridized carbons (Fsp3) is 0.727. The largest absolute Gasteiger partial charge is 0.394 e. The Labute approximate surface area is 576 Å². The van der Waals surface area contributed by atoms with Crippen LogP contribution in [0.5, 0.6) is 0 Å². The molecule has 0 aromatic carbocycles. The Morgan fingerprint density at radius 3 is 1.12 bits per heavy atom. The molecule has 96 heavy (non-hydrogen) atoms. The standard InChI is InChI=1S/C77H129NO18/c1-3-5-7-9-11-13-15-17-19-20-21-22-23-24-25-26-27-28-29-30-31-32-33-34-35-36-37-38-39-40-41-43-45-47-49-51-53-55-65(83)78-60(61(82)54-52-50-48-46-44-42-18-16-14-12-10-8-6-4-2)59-91-75-71(89)68(86)73(63(57-80)93-75)96-77-72(90)69(87)74(64(58-81)94-77)95-76-70(88)67(85)66(84)62(56-79)92-76/h5,7,11,13,17,19,21-22,24-25,27-28,30-31,33-34,36-37,52,54,60-64,66-77,79-82,84-90H,3-4,6,8-10,12,14-16,18,20,23,26,29,32,35,38-51,53,55-59H2,1-2H3,(H,78,83)/b7-5-,13-11-,19-17-,22-21-,25-24-,28-27-,31-30-,34-33-,37-36-,54-52+. The van der Waals surface area contributed by atoms with E-state index in [-0.39, 0.29) is 18.9 Å². The summed E-state index contributed by atoms with van der Waals surface area (Å²) in [5.41, 5.74) is 0. The summed E-state index contributed by atoms with van der Waals surface area (Å²) in [6.07, 6.45) is 51.8. The summed E-state index contributed by atoms with van der Waals surface area (Å²) in [7, 11) is 0. The first-order valence-electron chi connectivity index (χ1n) is 36.8. The third kappa shape index (κ3) is 37.6. The van der Waals surface area contributed by atoms with E-state index in [1.54, 1.807) is 6.08 Å². The number of carbonyl (C=O) groups is 1. The molecule has 3 aliphatic rings. The topological polar surface area (TPSA) is 307 Å². The number of unbranched alkanes of at least 4 members (excludes halogenated alkanes) is 21. The van der Waals surface area contributed by atoms with E-state index in [0.29, 0.717) is 6.42 Å². The minimum Gasteiger partial charge on any atom is -0.394 e. The van der Waals surface area contributed by atoms with E-state index in [9.17, 15) is 61.0 Å². The first-order valence-corrected chi connectivity index (χ1v) is 36.8. The van der Waals surface area contributed by atoms with Gasteiger partial charge in [0.2, 0.25) is 5.91 Å². The van der Waals surface area contributed by atoms with Crippen molar-refractivity contribution in [3.8, 4) is 0 Å². The van der Waals surface area contributed by atoms with Gasteiger partial charge >= 0.3 is 0 Å². The number of aliphatic hydroxyl groups is 11. The van der Waals surface area contributed by atoms with E-state index in [1.807, 2.05) is 6.08 Å². The van der Waals surface area contributed by atoms with Gasteiger partial charge in [0.15, 0.2) is 18.9 Å². The lowest BCUT2D eigenvalue weighted by atomic mass is 9.96. The van der Waals surface area contributed by atoms with Gasteiger partial charge in [-0.05, 0) is 89.9 Å². The number of allylic oxidation sites excluding steroid dienone is 19. The highest BCUT2D eigenvalue weighted by Gasteiger charge is 2.53. The highest BCUT2D eigenvalue weighted by atomic mass is 16.8. The lowest BCUT2D eigenvalue weighted by molar-refractivity contribution is -0.379. The van der Waals surface area contributed by atoms with Crippen molar-refractivity contribution in [2.75, 3.05) is 26.4 Å². The van der Waals surface area contributed by atoms with Gasteiger partial charge in [-0.25, -0.2) is 0 Å². The second-order valence-corrected chi connectivity index (χ2v) is 25.7. The van der Waals surface area contributed by atoms with Gasteiger partial charge < -0.3 is 89.9 Å². The highest BCUT2D eigenvalue weighted by molar-refractivity contribution is 5.76. The van der Waals surface area contributed by atoms with Gasteiger partial charge in [-0.15, -0.1) is 0 Å². The Morgan fingerprint density at radius 2 is 0.719 bits per heavy atom. The predicted molar refractivity (Wildman–Crippen MR) is 378 cm³/mol. The van der Waals surface area contributed by atoms with Crippen LogP contribution in [0.25, 0.3) is 0 Å². The second kappa shape index (κ2) is 56.9. The van der Waals surface area contributed by atoms with Crippen LogP contribution >= 0.6 is 0 Å². The number of ether oxygens (including phenoxy) is 6. The molecule has 0 aliphatic carbocycles. The molecule has 550 valence electrons. The molecular weight excluding hydrogens is 1230 g/mol. The van der Waals surface area contributed by atoms with Crippen LogP contribution in [0.15, 0.2) is 122 Å². The smallest absolute Gasteiger partial charge is 0.220 e. The maximum atomic E-state index is 13.4. The molecule has 3 rings (SSSR count). The fourth-order valence-corrected chi connectivity index (χ4v) is 11.6. The monoisotopic (exact) mass is 1360 g/mol. The molecule has 1 amide bonds. The van der Waals surface area contributed by atoms with Crippen molar-refractivity contribution in [1.29, 1.82) is 0 Å². The summed E-state index contributed by atoms with van der Waals surface area (Å²) in [5.74, 6) is -0.287. The second-order valence-electron chi connectivity index (χ2n) is 25.7. The van der Waals surface area contributed by atoms with Crippen LogP contribution in [0.3, 0.4) is 0 Å². The molecule has 0 saturated carbocycles. The minimum atomic E-state index is -1.98. The average Bonchev–Trinajstić information content (AvgIpc) is 0.787. The van der Waals surface area contributed by atoms with Gasteiger partial charge in [0.25, 0.3) is 0 Å². The summed E-state index contributed by atoms with van der Waals surface area (Å²) in [6.45, 7) is 1.59. The predicted octanol–water partition coefficient (Wildman–Crippen LogP) is 10.8. The van der Waals surface area contributed by atoms with Gasteiger partial charge in [0.1, 0.15) is 73.2 Å². The van der Waals surface area contributed by atoms with Crippen molar-refractivity contribution >= 4 is 5.91 Å². The van der Waals surface area contributed by atoms with Crippen LogP contribution in [0.4, 0.5) is 0 Å². The number of nitrogens with one attached hydrogen (secondary N) is 1. The van der Waals surface area contributed by atoms with E-state index >= 15 is 0 Å². The minimum absolute atomic E-state index is 0.228. The average molecular weight is 1360 g/mol. The number of hydrogen-bond acceptors (Lipinski definition) is 18. The Bertz CT molecular complexity index is 2210. The molecule has 17 unspecified atom stereocenters. The van der Waals surface area contributed by atoms with E-state index < -0.39 is 124 Å². The maximum Gasteiger partial charge on any atom is 0.220 e. The summed E-state index contributed by atoms with van der Waals surface area (Å²) in [5, 5.41) is 121. The van der Waals surface area contributed by atoms with E-state index in [0.717, 1.165) is 116 Å². The molecule has 12 N–H and O–H groups in total. The third-order valence-corrected chi connectivity index (χ3v) is 17.5. The van der Waals surface area contributed by atoms with Crippen molar-refractivity contribution in [2.45, 2.75) is 330 Å². The Kier molecular flexibility index (Phi) is 51.2. The number of carbonyl (C=O) groups excluding carboxylic acids is 1. The van der Waals surface area contributed by atoms with Gasteiger partial charge in [-0.3, -0.25) is 4.79 Å². The Morgan fingerprint density at radius 1 is 0.385 bits per heavy atom.